The summed E-state index contributed by atoms with van der Waals surface area (Å²) in [6, 6.07) is 0.656. The average Bonchev–Trinajstić information content (AvgIpc) is 2.02. The van der Waals surface area contributed by atoms with E-state index in [0.717, 1.165) is 6.54 Å². The topological polar surface area (TPSA) is 12.0 Å². The standard InChI is InChI=1S/C11H20ClN/c1-9(12)8-13-10-4-6-11(2,3)7-5-10/h10,13H,1,4-8H2,2-3H3. The Morgan fingerprint density at radius 3 is 2.46 bits per heavy atom. The highest BCUT2D eigenvalue weighted by molar-refractivity contribution is 6.29. The first kappa shape index (κ1) is 11.1. The molecule has 0 unspecified atom stereocenters. The molecule has 1 N–H and O–H groups in total. The van der Waals surface area contributed by atoms with Gasteiger partial charge in [0.2, 0.25) is 0 Å². The largest absolute Gasteiger partial charge is 0.309 e. The minimum atomic E-state index is 0.552. The first-order valence-corrected chi connectivity index (χ1v) is 5.44. The fraction of sp³-hybridized carbons (Fsp3) is 0.818. The maximum Gasteiger partial charge on any atom is 0.0310 e. The molecule has 1 fully saturated rings. The maximum absolute atomic E-state index is 5.70. The van der Waals surface area contributed by atoms with Crippen molar-refractivity contribution in [1.82, 2.24) is 5.32 Å². The smallest absolute Gasteiger partial charge is 0.0310 e. The highest BCUT2D eigenvalue weighted by Crippen LogP contribution is 2.34. The molecule has 1 rings (SSSR count). The van der Waals surface area contributed by atoms with Crippen LogP contribution in [-0.4, -0.2) is 12.6 Å². The molecule has 76 valence electrons. The zero-order chi connectivity index (χ0) is 9.90. The molecule has 0 aromatic rings. The van der Waals surface area contributed by atoms with Crippen LogP contribution < -0.4 is 5.32 Å². The lowest BCUT2D eigenvalue weighted by Gasteiger charge is -2.34. The molecule has 0 bridgehead atoms. The predicted molar refractivity (Wildman–Crippen MR) is 59.0 cm³/mol. The summed E-state index contributed by atoms with van der Waals surface area (Å²) in [6.45, 7) is 9.13. The molecule has 0 saturated heterocycles. The Morgan fingerprint density at radius 1 is 1.46 bits per heavy atom. The van der Waals surface area contributed by atoms with Crippen LogP contribution in [0.5, 0.6) is 0 Å². The Hall–Kier alpha value is -0.0100. The van der Waals surface area contributed by atoms with E-state index in [1.165, 1.54) is 25.7 Å². The van der Waals surface area contributed by atoms with Gasteiger partial charge < -0.3 is 5.32 Å². The molecule has 13 heavy (non-hydrogen) atoms. The predicted octanol–water partition coefficient (Wildman–Crippen LogP) is 3.30. The van der Waals surface area contributed by atoms with Crippen molar-refractivity contribution in [2.75, 3.05) is 6.54 Å². The number of hydrogen-bond acceptors (Lipinski definition) is 1. The van der Waals surface area contributed by atoms with Gasteiger partial charge in [0.05, 0.1) is 0 Å². The zero-order valence-corrected chi connectivity index (χ0v) is 9.45. The molecule has 1 saturated carbocycles. The second-order valence-corrected chi connectivity index (χ2v) is 5.37. The second-order valence-electron chi connectivity index (χ2n) is 4.84. The van der Waals surface area contributed by atoms with Crippen molar-refractivity contribution in [3.8, 4) is 0 Å². The van der Waals surface area contributed by atoms with Crippen LogP contribution in [0.4, 0.5) is 0 Å². The van der Waals surface area contributed by atoms with E-state index in [9.17, 15) is 0 Å². The Morgan fingerprint density at radius 2 is 2.00 bits per heavy atom. The first-order chi connectivity index (χ1) is 5.99. The summed E-state index contributed by atoms with van der Waals surface area (Å²) in [4.78, 5) is 0. The van der Waals surface area contributed by atoms with Crippen molar-refractivity contribution in [1.29, 1.82) is 0 Å². The van der Waals surface area contributed by atoms with Gasteiger partial charge in [-0.25, -0.2) is 0 Å². The van der Waals surface area contributed by atoms with E-state index in [1.54, 1.807) is 0 Å². The molecule has 0 aromatic carbocycles. The average molecular weight is 202 g/mol. The van der Waals surface area contributed by atoms with Crippen LogP contribution in [-0.2, 0) is 0 Å². The second kappa shape index (κ2) is 4.47. The molecule has 0 heterocycles. The van der Waals surface area contributed by atoms with Gasteiger partial charge in [0.1, 0.15) is 0 Å². The molecule has 1 nitrogen and oxygen atoms in total. The van der Waals surface area contributed by atoms with Crippen molar-refractivity contribution in [3.63, 3.8) is 0 Å². The SMILES string of the molecule is C=C(Cl)CNC1CCC(C)(C)CC1. The van der Waals surface area contributed by atoms with Gasteiger partial charge >= 0.3 is 0 Å². The summed E-state index contributed by atoms with van der Waals surface area (Å²) in [5.74, 6) is 0. The minimum Gasteiger partial charge on any atom is -0.309 e. The quantitative estimate of drug-likeness (QED) is 0.739. The normalized spacial score (nSPS) is 23.0. The lowest BCUT2D eigenvalue weighted by Crippen LogP contribution is -2.36. The van der Waals surface area contributed by atoms with Crippen LogP contribution in [0, 0.1) is 5.41 Å². The van der Waals surface area contributed by atoms with Crippen molar-refractivity contribution in [2.45, 2.75) is 45.6 Å². The van der Waals surface area contributed by atoms with Crippen LogP contribution in [0.2, 0.25) is 0 Å². The molecular weight excluding hydrogens is 182 g/mol. The third-order valence-electron chi connectivity index (χ3n) is 2.92. The Labute approximate surface area is 86.5 Å². The number of halogens is 1. The fourth-order valence-electron chi connectivity index (χ4n) is 1.86. The lowest BCUT2D eigenvalue weighted by molar-refractivity contribution is 0.209. The van der Waals surface area contributed by atoms with E-state index >= 15 is 0 Å². The third-order valence-corrected chi connectivity index (χ3v) is 3.06. The summed E-state index contributed by atoms with van der Waals surface area (Å²) < 4.78 is 0. The van der Waals surface area contributed by atoms with Crippen molar-refractivity contribution < 1.29 is 0 Å². The molecular formula is C11H20ClN. The van der Waals surface area contributed by atoms with Crippen molar-refractivity contribution in [2.24, 2.45) is 5.41 Å². The molecule has 2 heteroatoms. The van der Waals surface area contributed by atoms with Crippen molar-refractivity contribution >= 4 is 11.6 Å². The molecule has 0 aliphatic heterocycles. The van der Waals surface area contributed by atoms with Gasteiger partial charge in [-0.1, -0.05) is 32.0 Å². The Bertz CT molecular complexity index is 177. The van der Waals surface area contributed by atoms with Gasteiger partial charge in [-0.15, -0.1) is 0 Å². The number of nitrogens with one attached hydrogen (secondary N) is 1. The van der Waals surface area contributed by atoms with E-state index in [1.807, 2.05) is 0 Å². The molecule has 0 radical (unpaired) electrons. The van der Waals surface area contributed by atoms with Crippen LogP contribution in [0.1, 0.15) is 39.5 Å². The van der Waals surface area contributed by atoms with E-state index in [-0.39, 0.29) is 0 Å². The van der Waals surface area contributed by atoms with E-state index in [0.29, 0.717) is 16.5 Å². The summed E-state index contributed by atoms with van der Waals surface area (Å²) in [5, 5.41) is 4.14. The summed E-state index contributed by atoms with van der Waals surface area (Å²) in [5.41, 5.74) is 0.552. The fourth-order valence-corrected chi connectivity index (χ4v) is 1.94. The summed E-state index contributed by atoms with van der Waals surface area (Å²) in [7, 11) is 0. The van der Waals surface area contributed by atoms with Crippen LogP contribution in [0.15, 0.2) is 11.6 Å². The van der Waals surface area contributed by atoms with E-state index in [2.05, 4.69) is 25.7 Å². The lowest BCUT2D eigenvalue weighted by atomic mass is 9.75. The highest BCUT2D eigenvalue weighted by Gasteiger charge is 2.26. The maximum atomic E-state index is 5.70. The van der Waals surface area contributed by atoms with Gasteiger partial charge in [-0.2, -0.15) is 0 Å². The van der Waals surface area contributed by atoms with Gasteiger partial charge in [-0.05, 0) is 31.1 Å². The van der Waals surface area contributed by atoms with E-state index in [4.69, 9.17) is 11.6 Å². The minimum absolute atomic E-state index is 0.552. The zero-order valence-electron chi connectivity index (χ0n) is 8.70. The van der Waals surface area contributed by atoms with Gasteiger partial charge in [0.15, 0.2) is 0 Å². The van der Waals surface area contributed by atoms with Crippen molar-refractivity contribution in [3.05, 3.63) is 11.6 Å². The number of hydrogen-bond donors (Lipinski definition) is 1. The molecule has 1 aliphatic carbocycles. The number of rotatable bonds is 3. The van der Waals surface area contributed by atoms with Crippen LogP contribution >= 0.6 is 11.6 Å². The van der Waals surface area contributed by atoms with Gasteiger partial charge in [0, 0.05) is 17.6 Å². The molecule has 0 spiro atoms. The molecule has 0 aromatic heterocycles. The Balaban J connectivity index is 2.21. The monoisotopic (exact) mass is 201 g/mol. The van der Waals surface area contributed by atoms with Crippen LogP contribution in [0.25, 0.3) is 0 Å². The van der Waals surface area contributed by atoms with Crippen LogP contribution in [0.3, 0.4) is 0 Å². The van der Waals surface area contributed by atoms with E-state index < -0.39 is 0 Å². The summed E-state index contributed by atoms with van der Waals surface area (Å²) >= 11 is 5.70. The molecule has 0 atom stereocenters. The van der Waals surface area contributed by atoms with Gasteiger partial charge in [-0.3, -0.25) is 0 Å². The molecule has 1 aliphatic rings. The first-order valence-electron chi connectivity index (χ1n) is 5.06. The Kier molecular flexibility index (Phi) is 3.81. The van der Waals surface area contributed by atoms with Gasteiger partial charge in [0.25, 0.3) is 0 Å². The summed E-state index contributed by atoms with van der Waals surface area (Å²) in [6.07, 6.45) is 5.19. The molecule has 0 amide bonds. The highest BCUT2D eigenvalue weighted by atomic mass is 35.5. The third kappa shape index (κ3) is 4.15.